The lowest BCUT2D eigenvalue weighted by Gasteiger charge is -2.19. The van der Waals surface area contributed by atoms with Gasteiger partial charge in [0.25, 0.3) is 0 Å². The summed E-state index contributed by atoms with van der Waals surface area (Å²) in [5.74, 6) is 0.911. The number of hydrogen-bond acceptors (Lipinski definition) is 4. The third kappa shape index (κ3) is 4.05. The second kappa shape index (κ2) is 6.37. The minimum Gasteiger partial charge on any atom is -0.493 e. The van der Waals surface area contributed by atoms with Gasteiger partial charge in [0.05, 0.1) is 17.3 Å². The molecular weight excluding hydrogens is 268 g/mol. The summed E-state index contributed by atoms with van der Waals surface area (Å²) >= 11 is 1.64. The Balaban J connectivity index is 1.85. The molecule has 3 nitrogen and oxygen atoms in total. The van der Waals surface area contributed by atoms with Crippen molar-refractivity contribution >= 4 is 11.3 Å². The average molecular weight is 290 g/mol. The Morgan fingerprint density at radius 2 is 1.90 bits per heavy atom. The van der Waals surface area contributed by atoms with Crippen molar-refractivity contribution in [1.29, 1.82) is 0 Å². The van der Waals surface area contributed by atoms with E-state index in [1.165, 1.54) is 5.56 Å². The summed E-state index contributed by atoms with van der Waals surface area (Å²) in [6.07, 6.45) is 0.825. The highest BCUT2D eigenvalue weighted by Crippen LogP contribution is 2.24. The number of aromatic nitrogens is 1. The van der Waals surface area contributed by atoms with Crippen LogP contribution in [0.25, 0.3) is 0 Å². The van der Waals surface area contributed by atoms with Crippen LogP contribution in [0.15, 0.2) is 29.6 Å². The second-order valence-electron chi connectivity index (χ2n) is 5.81. The van der Waals surface area contributed by atoms with E-state index < -0.39 is 0 Å². The van der Waals surface area contributed by atoms with Gasteiger partial charge < -0.3 is 10.5 Å². The van der Waals surface area contributed by atoms with Crippen LogP contribution in [0.4, 0.5) is 0 Å². The largest absolute Gasteiger partial charge is 0.493 e. The molecule has 1 aromatic heterocycles. The lowest BCUT2D eigenvalue weighted by atomic mass is 9.87. The second-order valence-corrected chi connectivity index (χ2v) is 6.75. The molecule has 0 aliphatic heterocycles. The maximum atomic E-state index is 5.76. The van der Waals surface area contributed by atoms with E-state index in [-0.39, 0.29) is 5.41 Å². The fourth-order valence-corrected chi connectivity index (χ4v) is 2.66. The standard InChI is InChI=1S/C16H22N2OS/c1-16(2,3)12-4-6-14(7-5-12)19-9-8-15-18-13(10-17)11-20-15/h4-7,11H,8-10,17H2,1-3H3. The molecule has 0 bridgehead atoms. The Hall–Kier alpha value is -1.39. The number of nitrogens with zero attached hydrogens (tertiary/aromatic N) is 1. The molecule has 2 rings (SSSR count). The van der Waals surface area contributed by atoms with Crippen LogP contribution in [0, 0.1) is 0 Å². The molecule has 20 heavy (non-hydrogen) atoms. The highest BCUT2D eigenvalue weighted by molar-refractivity contribution is 7.09. The maximum Gasteiger partial charge on any atom is 0.119 e. The highest BCUT2D eigenvalue weighted by Gasteiger charge is 2.12. The molecule has 0 unspecified atom stereocenters. The SMILES string of the molecule is CC(C)(C)c1ccc(OCCc2nc(CN)cs2)cc1. The van der Waals surface area contributed by atoms with Crippen LogP contribution in [0.2, 0.25) is 0 Å². The van der Waals surface area contributed by atoms with Crippen molar-refractivity contribution in [3.63, 3.8) is 0 Å². The third-order valence-electron chi connectivity index (χ3n) is 3.11. The minimum atomic E-state index is 0.179. The van der Waals surface area contributed by atoms with Gasteiger partial charge in [-0.2, -0.15) is 0 Å². The first-order chi connectivity index (χ1) is 9.49. The summed E-state index contributed by atoms with van der Waals surface area (Å²) in [7, 11) is 0. The molecule has 2 N–H and O–H groups in total. The van der Waals surface area contributed by atoms with Crippen molar-refractivity contribution in [2.45, 2.75) is 39.2 Å². The Labute approximate surface area is 124 Å². The Bertz CT molecular complexity index is 540. The molecule has 0 atom stereocenters. The smallest absolute Gasteiger partial charge is 0.119 e. The van der Waals surface area contributed by atoms with E-state index in [4.69, 9.17) is 10.5 Å². The van der Waals surface area contributed by atoms with Crippen LogP contribution in [-0.2, 0) is 18.4 Å². The zero-order valence-corrected chi connectivity index (χ0v) is 13.2. The van der Waals surface area contributed by atoms with E-state index in [1.54, 1.807) is 11.3 Å². The normalized spacial score (nSPS) is 11.6. The third-order valence-corrected chi connectivity index (χ3v) is 4.07. The summed E-state index contributed by atoms with van der Waals surface area (Å²) in [5, 5.41) is 3.09. The van der Waals surface area contributed by atoms with Gasteiger partial charge in [0.2, 0.25) is 0 Å². The summed E-state index contributed by atoms with van der Waals surface area (Å²) in [5.41, 5.74) is 8.00. The van der Waals surface area contributed by atoms with E-state index in [2.05, 4.69) is 37.9 Å². The van der Waals surface area contributed by atoms with Crippen molar-refractivity contribution in [2.75, 3.05) is 6.61 Å². The molecule has 0 aliphatic rings. The van der Waals surface area contributed by atoms with E-state index in [9.17, 15) is 0 Å². The fourth-order valence-electron chi connectivity index (χ4n) is 1.86. The summed E-state index contributed by atoms with van der Waals surface area (Å²) in [4.78, 5) is 4.42. The van der Waals surface area contributed by atoms with E-state index >= 15 is 0 Å². The van der Waals surface area contributed by atoms with Crippen LogP contribution >= 0.6 is 11.3 Å². The first kappa shape index (κ1) is 15.0. The molecule has 0 aliphatic carbocycles. The summed E-state index contributed by atoms with van der Waals surface area (Å²) < 4.78 is 5.76. The molecular formula is C16H22N2OS. The van der Waals surface area contributed by atoms with E-state index in [0.717, 1.165) is 22.9 Å². The molecule has 0 amide bonds. The molecule has 0 spiro atoms. The quantitative estimate of drug-likeness (QED) is 0.916. The van der Waals surface area contributed by atoms with Gasteiger partial charge >= 0.3 is 0 Å². The maximum absolute atomic E-state index is 5.76. The monoisotopic (exact) mass is 290 g/mol. The number of benzene rings is 1. The molecule has 2 aromatic rings. The van der Waals surface area contributed by atoms with Crippen LogP contribution in [0.5, 0.6) is 5.75 Å². The topological polar surface area (TPSA) is 48.1 Å². The van der Waals surface area contributed by atoms with Gasteiger partial charge in [0.15, 0.2) is 0 Å². The molecule has 0 saturated carbocycles. The lowest BCUT2D eigenvalue weighted by Crippen LogP contribution is -2.10. The summed E-state index contributed by atoms with van der Waals surface area (Å²) in [6.45, 7) is 7.78. The number of nitrogens with two attached hydrogens (primary N) is 1. The molecule has 0 fully saturated rings. The predicted molar refractivity (Wildman–Crippen MR) is 84.3 cm³/mol. The zero-order chi connectivity index (χ0) is 14.6. The summed E-state index contributed by atoms with van der Waals surface area (Å²) in [6, 6.07) is 8.33. The van der Waals surface area contributed by atoms with Crippen molar-refractivity contribution < 1.29 is 4.74 Å². The Kier molecular flexibility index (Phi) is 4.78. The number of thiazole rings is 1. The van der Waals surface area contributed by atoms with Crippen LogP contribution in [0.1, 0.15) is 37.0 Å². The van der Waals surface area contributed by atoms with Crippen molar-refractivity contribution in [3.8, 4) is 5.75 Å². The van der Waals surface area contributed by atoms with Crippen LogP contribution in [0.3, 0.4) is 0 Å². The van der Waals surface area contributed by atoms with Crippen molar-refractivity contribution in [2.24, 2.45) is 5.73 Å². The van der Waals surface area contributed by atoms with Gasteiger partial charge in [-0.05, 0) is 23.1 Å². The van der Waals surface area contributed by atoms with Gasteiger partial charge in [-0.1, -0.05) is 32.9 Å². The fraction of sp³-hybridized carbons (Fsp3) is 0.438. The van der Waals surface area contributed by atoms with Crippen LogP contribution in [-0.4, -0.2) is 11.6 Å². The molecule has 1 heterocycles. The van der Waals surface area contributed by atoms with Gasteiger partial charge in [-0.15, -0.1) is 11.3 Å². The first-order valence-corrected chi connectivity index (χ1v) is 7.73. The molecule has 1 aromatic carbocycles. The number of rotatable bonds is 5. The molecule has 0 saturated heterocycles. The lowest BCUT2D eigenvalue weighted by molar-refractivity contribution is 0.321. The number of hydrogen-bond donors (Lipinski definition) is 1. The van der Waals surface area contributed by atoms with Gasteiger partial charge in [0, 0.05) is 18.3 Å². The van der Waals surface area contributed by atoms with E-state index in [0.29, 0.717) is 13.2 Å². The van der Waals surface area contributed by atoms with Crippen molar-refractivity contribution in [1.82, 2.24) is 4.98 Å². The average Bonchev–Trinajstić information content (AvgIpc) is 2.86. The van der Waals surface area contributed by atoms with Gasteiger partial charge in [-0.3, -0.25) is 0 Å². The minimum absolute atomic E-state index is 0.179. The van der Waals surface area contributed by atoms with Crippen LogP contribution < -0.4 is 10.5 Å². The first-order valence-electron chi connectivity index (χ1n) is 6.86. The Morgan fingerprint density at radius 3 is 2.45 bits per heavy atom. The predicted octanol–water partition coefficient (Wildman–Crippen LogP) is 3.52. The zero-order valence-electron chi connectivity index (χ0n) is 12.3. The van der Waals surface area contributed by atoms with Gasteiger partial charge in [0.1, 0.15) is 5.75 Å². The molecule has 4 heteroatoms. The van der Waals surface area contributed by atoms with Crippen molar-refractivity contribution in [3.05, 3.63) is 45.9 Å². The molecule has 108 valence electrons. The molecule has 0 radical (unpaired) electrons. The number of ether oxygens (including phenoxy) is 1. The van der Waals surface area contributed by atoms with Gasteiger partial charge in [-0.25, -0.2) is 4.98 Å². The van der Waals surface area contributed by atoms with E-state index in [1.807, 2.05) is 17.5 Å². The Morgan fingerprint density at radius 1 is 1.20 bits per heavy atom. The highest BCUT2D eigenvalue weighted by atomic mass is 32.1.